The van der Waals surface area contributed by atoms with Crippen LogP contribution in [0, 0.1) is 0 Å². The number of imide groups is 2. The predicted molar refractivity (Wildman–Crippen MR) is 172 cm³/mol. The summed E-state index contributed by atoms with van der Waals surface area (Å²) in [5, 5.41) is 0. The molecule has 0 bridgehead atoms. The number of amides is 4. The minimum absolute atomic E-state index is 0.244. The fourth-order valence-electron chi connectivity index (χ4n) is 5.14. The second kappa shape index (κ2) is 14.1. The van der Waals surface area contributed by atoms with Gasteiger partial charge in [0.2, 0.25) is 0 Å². The van der Waals surface area contributed by atoms with Crippen LogP contribution in [-0.4, -0.2) is 65.4 Å². The Morgan fingerprint density at radius 2 is 0.867 bits per heavy atom. The highest BCUT2D eigenvalue weighted by molar-refractivity contribution is 6.84. The Kier molecular flexibility index (Phi) is 10.5. The molecule has 0 spiro atoms. The molecule has 2 aliphatic heterocycles. The summed E-state index contributed by atoms with van der Waals surface area (Å²) in [6.07, 6.45) is 6.12. The zero-order valence-electron chi connectivity index (χ0n) is 25.7. The first kappa shape index (κ1) is 33.4. The standard InChI is InChI=1S/C32H36N2O9Si2/c1-44(2,21-5-19-41-31(39)23-7-11-25(12-8-23)33-27(35)15-16-28(33)36)43-45(3,4)22-6-20-42-32(40)24-9-13-26(14-10-24)34-29(37)17-18-30(34)38/h7-18H,5-6,19-22H2,1-4H3. The molecule has 0 saturated heterocycles. The second-order valence-corrected chi connectivity index (χ2v) is 20.7. The molecule has 2 aromatic rings. The number of hydrogen-bond donors (Lipinski definition) is 0. The van der Waals surface area contributed by atoms with E-state index in [1.54, 1.807) is 0 Å². The monoisotopic (exact) mass is 648 g/mol. The molecule has 0 saturated carbocycles. The second-order valence-electron chi connectivity index (χ2n) is 11.9. The Balaban J connectivity index is 1.13. The van der Waals surface area contributed by atoms with Gasteiger partial charge in [-0.1, -0.05) is 0 Å². The van der Waals surface area contributed by atoms with Crippen LogP contribution in [0.1, 0.15) is 33.6 Å². The van der Waals surface area contributed by atoms with Crippen LogP contribution in [0.5, 0.6) is 0 Å². The Hall–Kier alpha value is -4.47. The van der Waals surface area contributed by atoms with Crippen LogP contribution >= 0.6 is 0 Å². The lowest BCUT2D eigenvalue weighted by Gasteiger charge is -2.34. The number of ether oxygens (including phenoxy) is 2. The molecule has 0 N–H and O–H groups in total. The number of carbonyl (C=O) groups is 6. The van der Waals surface area contributed by atoms with Gasteiger partial charge in [0.1, 0.15) is 0 Å². The van der Waals surface area contributed by atoms with Gasteiger partial charge < -0.3 is 13.6 Å². The van der Waals surface area contributed by atoms with Crippen molar-refractivity contribution in [2.75, 3.05) is 23.0 Å². The highest BCUT2D eigenvalue weighted by Crippen LogP contribution is 2.25. The van der Waals surface area contributed by atoms with E-state index in [1.807, 2.05) is 0 Å². The molecule has 2 heterocycles. The first-order valence-electron chi connectivity index (χ1n) is 14.6. The summed E-state index contributed by atoms with van der Waals surface area (Å²) in [6.45, 7) is 9.05. The zero-order valence-corrected chi connectivity index (χ0v) is 27.7. The number of benzene rings is 2. The summed E-state index contributed by atoms with van der Waals surface area (Å²) in [4.78, 5) is 74.3. The lowest BCUT2D eigenvalue weighted by Crippen LogP contribution is -2.44. The molecule has 13 heteroatoms. The van der Waals surface area contributed by atoms with E-state index in [4.69, 9.17) is 13.6 Å². The first-order chi connectivity index (χ1) is 21.3. The Morgan fingerprint density at radius 3 is 1.18 bits per heavy atom. The molecule has 0 fully saturated rings. The highest BCUT2D eigenvalue weighted by Gasteiger charge is 2.33. The molecule has 0 atom stereocenters. The van der Waals surface area contributed by atoms with Crippen LogP contribution in [0.2, 0.25) is 38.3 Å². The van der Waals surface area contributed by atoms with E-state index >= 15 is 0 Å². The number of carbonyl (C=O) groups excluding carboxylic acids is 6. The van der Waals surface area contributed by atoms with Crippen molar-refractivity contribution in [2.24, 2.45) is 0 Å². The Bertz CT molecular complexity index is 1400. The average Bonchev–Trinajstić information content (AvgIpc) is 3.51. The van der Waals surface area contributed by atoms with Gasteiger partial charge in [-0.15, -0.1) is 0 Å². The third-order valence-electron chi connectivity index (χ3n) is 7.21. The fourth-order valence-corrected chi connectivity index (χ4v) is 13.9. The number of nitrogens with zero attached hydrogens (tertiary/aromatic N) is 2. The maximum Gasteiger partial charge on any atom is 0.338 e. The van der Waals surface area contributed by atoms with Gasteiger partial charge in [0.25, 0.3) is 23.6 Å². The molecule has 45 heavy (non-hydrogen) atoms. The van der Waals surface area contributed by atoms with Gasteiger partial charge in [0.05, 0.1) is 35.7 Å². The van der Waals surface area contributed by atoms with Crippen LogP contribution in [0.4, 0.5) is 11.4 Å². The minimum Gasteiger partial charge on any atom is -0.462 e. The van der Waals surface area contributed by atoms with Crippen LogP contribution < -0.4 is 9.80 Å². The van der Waals surface area contributed by atoms with E-state index in [2.05, 4.69) is 26.2 Å². The molecule has 0 radical (unpaired) electrons. The van der Waals surface area contributed by atoms with Gasteiger partial charge in [-0.3, -0.25) is 19.2 Å². The van der Waals surface area contributed by atoms with Crippen LogP contribution in [0.25, 0.3) is 0 Å². The van der Waals surface area contributed by atoms with Crippen molar-refractivity contribution in [3.05, 3.63) is 84.0 Å². The van der Waals surface area contributed by atoms with Crippen molar-refractivity contribution < 1.29 is 42.4 Å². The Labute approximate surface area is 263 Å². The van der Waals surface area contributed by atoms with Crippen LogP contribution in [0.15, 0.2) is 72.8 Å². The van der Waals surface area contributed by atoms with Gasteiger partial charge in [-0.25, -0.2) is 19.4 Å². The zero-order chi connectivity index (χ0) is 32.8. The van der Waals surface area contributed by atoms with Gasteiger partial charge >= 0.3 is 11.9 Å². The van der Waals surface area contributed by atoms with Gasteiger partial charge in [0, 0.05) is 24.3 Å². The summed E-state index contributed by atoms with van der Waals surface area (Å²) in [5.41, 5.74) is 1.44. The maximum absolute atomic E-state index is 12.5. The van der Waals surface area contributed by atoms with E-state index in [1.165, 1.54) is 72.8 Å². The predicted octanol–water partition coefficient (Wildman–Crippen LogP) is 4.77. The summed E-state index contributed by atoms with van der Waals surface area (Å²) in [7, 11) is -4.11. The normalized spacial score (nSPS) is 14.9. The number of rotatable bonds is 14. The molecule has 2 aliphatic rings. The molecule has 4 amide bonds. The lowest BCUT2D eigenvalue weighted by atomic mass is 10.2. The summed E-state index contributed by atoms with van der Waals surface area (Å²) < 4.78 is 17.5. The largest absolute Gasteiger partial charge is 0.462 e. The van der Waals surface area contributed by atoms with E-state index in [-0.39, 0.29) is 13.2 Å². The Morgan fingerprint density at radius 1 is 0.556 bits per heavy atom. The van der Waals surface area contributed by atoms with Crippen molar-refractivity contribution in [1.82, 2.24) is 0 Å². The summed E-state index contributed by atoms with van der Waals surface area (Å²) >= 11 is 0. The molecule has 0 unspecified atom stereocenters. The average molecular weight is 649 g/mol. The molecule has 11 nitrogen and oxygen atoms in total. The van der Waals surface area contributed by atoms with Crippen molar-refractivity contribution in [3.8, 4) is 0 Å². The smallest absolute Gasteiger partial charge is 0.338 e. The third-order valence-corrected chi connectivity index (χ3v) is 14.7. The van der Waals surface area contributed by atoms with E-state index in [9.17, 15) is 28.8 Å². The van der Waals surface area contributed by atoms with Gasteiger partial charge in [-0.05, 0) is 99.6 Å². The third kappa shape index (κ3) is 8.80. The van der Waals surface area contributed by atoms with Crippen molar-refractivity contribution in [3.63, 3.8) is 0 Å². The molecule has 0 aromatic heterocycles. The lowest BCUT2D eigenvalue weighted by molar-refractivity contribution is -0.121. The summed E-state index contributed by atoms with van der Waals surface area (Å²) in [5.74, 6) is -2.65. The molecular formula is C32H36N2O9Si2. The molecular weight excluding hydrogens is 613 g/mol. The van der Waals surface area contributed by atoms with E-state index in [0.717, 1.165) is 21.9 Å². The SMILES string of the molecule is C[Si](C)(CCCOC(=O)c1ccc(N2C(=O)C=CC2=O)cc1)O[Si](C)(C)CCCOC(=O)c1ccc(N2C(=O)C=CC2=O)cc1. The van der Waals surface area contributed by atoms with E-state index < -0.39 is 52.2 Å². The quantitative estimate of drug-likeness (QED) is 0.123. The first-order valence-corrected chi connectivity index (χ1v) is 20.9. The van der Waals surface area contributed by atoms with Crippen molar-refractivity contribution in [1.29, 1.82) is 0 Å². The molecule has 236 valence electrons. The maximum atomic E-state index is 12.5. The van der Waals surface area contributed by atoms with Crippen LogP contribution in [-0.2, 0) is 32.8 Å². The minimum atomic E-state index is -2.06. The molecule has 2 aromatic carbocycles. The summed E-state index contributed by atoms with van der Waals surface area (Å²) in [6, 6.07) is 13.9. The van der Waals surface area contributed by atoms with Crippen molar-refractivity contribution >= 4 is 63.6 Å². The molecule has 0 aliphatic carbocycles. The fraction of sp³-hybridized carbons (Fsp3) is 0.312. The van der Waals surface area contributed by atoms with E-state index in [0.29, 0.717) is 35.3 Å². The van der Waals surface area contributed by atoms with Gasteiger partial charge in [0.15, 0.2) is 16.6 Å². The highest BCUT2D eigenvalue weighted by atomic mass is 28.4. The number of hydrogen-bond acceptors (Lipinski definition) is 9. The molecule has 4 rings (SSSR count). The van der Waals surface area contributed by atoms with Crippen molar-refractivity contribution in [2.45, 2.75) is 51.1 Å². The number of esters is 2. The number of anilines is 2. The topological polar surface area (TPSA) is 137 Å². The van der Waals surface area contributed by atoms with Crippen LogP contribution in [0.3, 0.4) is 0 Å². The van der Waals surface area contributed by atoms with Gasteiger partial charge in [-0.2, -0.15) is 0 Å².